The molecule has 0 heterocycles. The summed E-state index contributed by atoms with van der Waals surface area (Å²) in [5, 5.41) is 4.31. The summed E-state index contributed by atoms with van der Waals surface area (Å²) in [7, 11) is 1.59. The predicted octanol–water partition coefficient (Wildman–Crippen LogP) is 4.80. The number of hydrogen-bond donors (Lipinski definition) is 1. The second kappa shape index (κ2) is 8.90. The van der Waals surface area contributed by atoms with Crippen LogP contribution in [0.25, 0.3) is 10.8 Å². The lowest BCUT2D eigenvalue weighted by molar-refractivity contribution is -0.154. The van der Waals surface area contributed by atoms with Crippen molar-refractivity contribution >= 4 is 28.3 Å². The molecule has 1 N–H and O–H groups in total. The number of hydrogen-bond acceptors (Lipinski definition) is 4. The van der Waals surface area contributed by atoms with Gasteiger partial charge in [-0.1, -0.05) is 24.3 Å². The van der Waals surface area contributed by atoms with E-state index >= 15 is 0 Å². The Bertz CT molecular complexity index is 1100. The summed E-state index contributed by atoms with van der Waals surface area (Å²) < 4.78 is 36.7. The van der Waals surface area contributed by atoms with E-state index in [-0.39, 0.29) is 5.69 Å². The molecule has 0 saturated heterocycles. The lowest BCUT2D eigenvalue weighted by Crippen LogP contribution is -2.31. The molecule has 156 valence electrons. The topological polar surface area (TPSA) is 64.6 Å². The van der Waals surface area contributed by atoms with E-state index in [9.17, 15) is 18.4 Å². The van der Waals surface area contributed by atoms with Crippen molar-refractivity contribution in [2.24, 2.45) is 0 Å². The summed E-state index contributed by atoms with van der Waals surface area (Å²) in [6, 6.07) is 14.2. The average molecular weight is 413 g/mol. The van der Waals surface area contributed by atoms with Gasteiger partial charge < -0.3 is 14.8 Å². The smallest absolute Gasteiger partial charge is 0.313 e. The number of halogens is 2. The minimum Gasteiger partial charge on any atom is -0.497 e. The molecule has 1 amide bonds. The summed E-state index contributed by atoms with van der Waals surface area (Å²) in [4.78, 5) is 24.7. The maximum atomic E-state index is 13.3. The van der Waals surface area contributed by atoms with Crippen LogP contribution in [-0.2, 0) is 14.3 Å². The molecule has 2 atom stereocenters. The molecule has 0 aromatic heterocycles. The van der Waals surface area contributed by atoms with Gasteiger partial charge in [0.15, 0.2) is 17.7 Å². The van der Waals surface area contributed by atoms with Crippen LogP contribution in [-0.4, -0.2) is 25.1 Å². The van der Waals surface area contributed by atoms with E-state index in [2.05, 4.69) is 5.32 Å². The number of amides is 1. The van der Waals surface area contributed by atoms with Crippen LogP contribution in [0.15, 0.2) is 54.6 Å². The predicted molar refractivity (Wildman–Crippen MR) is 109 cm³/mol. The fraction of sp³-hybridized carbons (Fsp3) is 0.217. The van der Waals surface area contributed by atoms with Gasteiger partial charge >= 0.3 is 5.97 Å². The van der Waals surface area contributed by atoms with Gasteiger partial charge in [0.2, 0.25) is 0 Å². The van der Waals surface area contributed by atoms with Gasteiger partial charge in [-0.25, -0.2) is 8.78 Å². The number of carbonyl (C=O) groups excluding carboxylic acids is 2. The number of fused-ring (bicyclic) bond motifs is 1. The molecule has 7 heteroatoms. The summed E-state index contributed by atoms with van der Waals surface area (Å²) in [5.41, 5.74) is 0.811. The number of methoxy groups -OCH3 is 1. The molecule has 0 aliphatic carbocycles. The maximum absolute atomic E-state index is 13.3. The van der Waals surface area contributed by atoms with Gasteiger partial charge in [-0.15, -0.1) is 0 Å². The summed E-state index contributed by atoms with van der Waals surface area (Å²) >= 11 is 0. The van der Waals surface area contributed by atoms with Crippen LogP contribution in [0.1, 0.15) is 25.3 Å². The van der Waals surface area contributed by atoms with Gasteiger partial charge in [0.05, 0.1) is 13.0 Å². The molecule has 0 saturated carbocycles. The normalized spacial score (nSPS) is 12.8. The molecule has 30 heavy (non-hydrogen) atoms. The quantitative estimate of drug-likeness (QED) is 0.590. The second-order valence-electron chi connectivity index (χ2n) is 6.89. The third-order valence-electron chi connectivity index (χ3n) is 4.77. The Morgan fingerprint density at radius 3 is 2.30 bits per heavy atom. The molecule has 3 aromatic carbocycles. The second-order valence-corrected chi connectivity index (χ2v) is 6.89. The Morgan fingerprint density at radius 1 is 0.900 bits per heavy atom. The van der Waals surface area contributed by atoms with Crippen molar-refractivity contribution in [3.05, 3.63) is 71.8 Å². The van der Waals surface area contributed by atoms with Crippen molar-refractivity contribution in [2.75, 3.05) is 12.4 Å². The Balaban J connectivity index is 1.65. The van der Waals surface area contributed by atoms with Gasteiger partial charge in [0.25, 0.3) is 5.91 Å². The largest absolute Gasteiger partial charge is 0.497 e. The molecule has 0 unspecified atom stereocenters. The zero-order valence-electron chi connectivity index (χ0n) is 16.7. The zero-order chi connectivity index (χ0) is 21.8. The molecular weight excluding hydrogens is 392 g/mol. The summed E-state index contributed by atoms with van der Waals surface area (Å²) in [5.74, 6) is -3.18. The standard InChI is InChI=1S/C23H21F2NO4/c1-13(15-4-5-17-11-19(29-3)8-6-16(17)10-15)23(28)30-14(2)22(27)26-18-7-9-20(24)21(25)12-18/h4-14H,1-3H3,(H,26,27)/t13-,14+/m0/s1. The molecule has 5 nitrogen and oxygen atoms in total. The minimum absolute atomic E-state index is 0.0693. The molecule has 0 spiro atoms. The monoisotopic (exact) mass is 413 g/mol. The van der Waals surface area contributed by atoms with Crippen LogP contribution in [0.4, 0.5) is 14.5 Å². The van der Waals surface area contributed by atoms with Crippen LogP contribution in [0.5, 0.6) is 5.75 Å². The van der Waals surface area contributed by atoms with Gasteiger partial charge in [-0.05, 0) is 54.4 Å². The van der Waals surface area contributed by atoms with E-state index in [0.717, 1.165) is 34.2 Å². The number of esters is 1. The molecule has 0 aliphatic rings. The first-order valence-corrected chi connectivity index (χ1v) is 9.32. The van der Waals surface area contributed by atoms with Gasteiger partial charge in [0.1, 0.15) is 5.75 Å². The van der Waals surface area contributed by atoms with Crippen LogP contribution in [0.2, 0.25) is 0 Å². The molecule has 3 rings (SSSR count). The van der Waals surface area contributed by atoms with E-state index < -0.39 is 35.5 Å². The molecule has 3 aromatic rings. The maximum Gasteiger partial charge on any atom is 0.313 e. The number of rotatable bonds is 6. The molecular formula is C23H21F2NO4. The van der Waals surface area contributed by atoms with Crippen molar-refractivity contribution in [3.8, 4) is 5.75 Å². The molecule has 0 radical (unpaired) electrons. The number of nitrogens with one attached hydrogen (secondary N) is 1. The van der Waals surface area contributed by atoms with E-state index in [4.69, 9.17) is 9.47 Å². The SMILES string of the molecule is COc1ccc2cc([C@H](C)C(=O)O[C@H](C)C(=O)Nc3ccc(F)c(F)c3)ccc2c1. The van der Waals surface area contributed by atoms with Crippen molar-refractivity contribution in [1.82, 2.24) is 0 Å². The summed E-state index contributed by atoms with van der Waals surface area (Å²) in [6.45, 7) is 3.10. The van der Waals surface area contributed by atoms with Crippen LogP contribution >= 0.6 is 0 Å². The lowest BCUT2D eigenvalue weighted by atomic mass is 9.98. The fourth-order valence-electron chi connectivity index (χ4n) is 2.92. The van der Waals surface area contributed by atoms with E-state index in [1.54, 1.807) is 14.0 Å². The van der Waals surface area contributed by atoms with E-state index in [0.29, 0.717) is 0 Å². The fourth-order valence-corrected chi connectivity index (χ4v) is 2.92. The van der Waals surface area contributed by atoms with Gasteiger partial charge in [-0.2, -0.15) is 0 Å². The number of ether oxygens (including phenoxy) is 2. The van der Waals surface area contributed by atoms with Crippen LogP contribution in [0.3, 0.4) is 0 Å². The highest BCUT2D eigenvalue weighted by Crippen LogP contribution is 2.26. The van der Waals surface area contributed by atoms with Crippen LogP contribution in [0, 0.1) is 11.6 Å². The Morgan fingerprint density at radius 2 is 1.60 bits per heavy atom. The lowest BCUT2D eigenvalue weighted by Gasteiger charge is -2.17. The van der Waals surface area contributed by atoms with Gasteiger partial charge in [0, 0.05) is 11.8 Å². The Labute approximate surface area is 172 Å². The number of carbonyl (C=O) groups is 2. The highest BCUT2D eigenvalue weighted by atomic mass is 19.2. The van der Waals surface area contributed by atoms with Crippen molar-refractivity contribution in [1.29, 1.82) is 0 Å². The van der Waals surface area contributed by atoms with Gasteiger partial charge in [-0.3, -0.25) is 9.59 Å². The first-order chi connectivity index (χ1) is 14.3. The number of benzene rings is 3. The first kappa shape index (κ1) is 21.2. The van der Waals surface area contributed by atoms with E-state index in [1.807, 2.05) is 36.4 Å². The Kier molecular flexibility index (Phi) is 6.30. The highest BCUT2D eigenvalue weighted by Gasteiger charge is 2.23. The average Bonchev–Trinajstić information content (AvgIpc) is 2.74. The van der Waals surface area contributed by atoms with Crippen molar-refractivity contribution in [2.45, 2.75) is 25.9 Å². The molecule has 0 bridgehead atoms. The minimum atomic E-state index is -1.11. The highest BCUT2D eigenvalue weighted by molar-refractivity contribution is 5.95. The molecule has 0 aliphatic heterocycles. The molecule has 0 fully saturated rings. The third-order valence-corrected chi connectivity index (χ3v) is 4.77. The van der Waals surface area contributed by atoms with Crippen LogP contribution < -0.4 is 10.1 Å². The Hall–Kier alpha value is -3.48. The zero-order valence-corrected chi connectivity index (χ0v) is 16.7. The van der Waals surface area contributed by atoms with Crippen molar-refractivity contribution < 1.29 is 27.8 Å². The first-order valence-electron chi connectivity index (χ1n) is 9.32. The van der Waals surface area contributed by atoms with E-state index in [1.165, 1.54) is 13.0 Å². The van der Waals surface area contributed by atoms with Crippen molar-refractivity contribution in [3.63, 3.8) is 0 Å². The summed E-state index contributed by atoms with van der Waals surface area (Å²) in [6.07, 6.45) is -1.11. The number of anilines is 1. The third kappa shape index (κ3) is 4.74.